The van der Waals surface area contributed by atoms with E-state index in [9.17, 15) is 0 Å². The third-order valence-corrected chi connectivity index (χ3v) is 2.00. The highest BCUT2D eigenvalue weighted by Crippen LogP contribution is 1.96. The lowest BCUT2D eigenvalue weighted by Gasteiger charge is -2.10. The molecule has 0 fully saturated rings. The number of rotatable bonds is 8. The van der Waals surface area contributed by atoms with Crippen LogP contribution in [0.25, 0.3) is 0 Å². The van der Waals surface area contributed by atoms with Gasteiger partial charge in [-0.2, -0.15) is 0 Å². The fourth-order valence-electron chi connectivity index (χ4n) is 0.878. The summed E-state index contributed by atoms with van der Waals surface area (Å²) in [5.41, 5.74) is 0. The van der Waals surface area contributed by atoms with E-state index in [-0.39, 0.29) is 0 Å². The van der Waals surface area contributed by atoms with Crippen LogP contribution in [-0.2, 0) is 9.47 Å². The van der Waals surface area contributed by atoms with Crippen LogP contribution in [0.15, 0.2) is 12.3 Å². The minimum absolute atomic E-state index is 0.332. The molecule has 0 bridgehead atoms. The minimum atomic E-state index is 0.332. The topological polar surface area (TPSA) is 30.5 Å². The highest BCUT2D eigenvalue weighted by Gasteiger charge is 1.98. The number of ether oxygens (including phenoxy) is 2. The van der Waals surface area contributed by atoms with E-state index < -0.39 is 0 Å². The molecule has 0 heterocycles. The van der Waals surface area contributed by atoms with Crippen molar-refractivity contribution in [2.75, 3.05) is 27.3 Å². The molecular formula is C10H21NO2. The van der Waals surface area contributed by atoms with Crippen molar-refractivity contribution in [3.63, 3.8) is 0 Å². The van der Waals surface area contributed by atoms with Crippen LogP contribution >= 0.6 is 0 Å². The molecule has 0 aliphatic heterocycles. The quantitative estimate of drug-likeness (QED) is 0.462. The van der Waals surface area contributed by atoms with Crippen LogP contribution in [0.5, 0.6) is 0 Å². The van der Waals surface area contributed by atoms with Gasteiger partial charge in [-0.25, -0.2) is 0 Å². The van der Waals surface area contributed by atoms with Crippen molar-refractivity contribution in [3.8, 4) is 0 Å². The number of hydrogen-bond donors (Lipinski definition) is 1. The predicted octanol–water partition coefficient (Wildman–Crippen LogP) is 1.55. The maximum Gasteiger partial charge on any atom is 0.0896 e. The number of methoxy groups -OCH3 is 2. The van der Waals surface area contributed by atoms with Crippen molar-refractivity contribution < 1.29 is 9.47 Å². The van der Waals surface area contributed by atoms with E-state index in [1.807, 2.05) is 0 Å². The molecule has 1 atom stereocenters. The second kappa shape index (κ2) is 8.08. The molecule has 0 saturated heterocycles. The second-order valence-electron chi connectivity index (χ2n) is 3.08. The van der Waals surface area contributed by atoms with Crippen molar-refractivity contribution >= 4 is 0 Å². The van der Waals surface area contributed by atoms with Gasteiger partial charge in [-0.05, 0) is 19.9 Å². The first kappa shape index (κ1) is 12.5. The predicted molar refractivity (Wildman–Crippen MR) is 54.7 cm³/mol. The lowest BCUT2D eigenvalue weighted by molar-refractivity contribution is 0.111. The van der Waals surface area contributed by atoms with Crippen molar-refractivity contribution in [3.05, 3.63) is 12.3 Å². The molecule has 0 aliphatic carbocycles. The number of hydrogen-bond acceptors (Lipinski definition) is 3. The zero-order valence-electron chi connectivity index (χ0n) is 8.93. The average molecular weight is 187 g/mol. The van der Waals surface area contributed by atoms with E-state index >= 15 is 0 Å². The van der Waals surface area contributed by atoms with E-state index in [1.54, 1.807) is 14.2 Å². The Bertz CT molecular complexity index is 137. The van der Waals surface area contributed by atoms with Crippen LogP contribution in [0, 0.1) is 0 Å². The standard InChI is InChI=1S/C10H21NO2/c1-9(12-3)5-7-11-8-6-10(2)13-4/h10-11H,1,5-8H2,2-4H3. The highest BCUT2D eigenvalue weighted by atomic mass is 16.5. The molecule has 3 nitrogen and oxygen atoms in total. The van der Waals surface area contributed by atoms with Gasteiger partial charge in [0.1, 0.15) is 0 Å². The molecule has 0 spiro atoms. The van der Waals surface area contributed by atoms with Gasteiger partial charge in [0.15, 0.2) is 0 Å². The SMILES string of the molecule is C=C(CCNCCC(C)OC)OC. The maximum atomic E-state index is 5.12. The molecule has 78 valence electrons. The van der Waals surface area contributed by atoms with Gasteiger partial charge in [-0.3, -0.25) is 0 Å². The Morgan fingerprint density at radius 1 is 1.38 bits per heavy atom. The Morgan fingerprint density at radius 3 is 2.62 bits per heavy atom. The molecule has 0 aromatic rings. The average Bonchev–Trinajstić information content (AvgIpc) is 2.16. The van der Waals surface area contributed by atoms with Crippen LogP contribution in [0.3, 0.4) is 0 Å². The van der Waals surface area contributed by atoms with Crippen LogP contribution in [-0.4, -0.2) is 33.4 Å². The van der Waals surface area contributed by atoms with E-state index in [0.717, 1.165) is 31.7 Å². The third-order valence-electron chi connectivity index (χ3n) is 2.00. The molecule has 0 radical (unpaired) electrons. The molecule has 0 rings (SSSR count). The van der Waals surface area contributed by atoms with E-state index in [4.69, 9.17) is 9.47 Å². The summed E-state index contributed by atoms with van der Waals surface area (Å²) in [4.78, 5) is 0. The van der Waals surface area contributed by atoms with Crippen molar-refractivity contribution in [1.29, 1.82) is 0 Å². The third kappa shape index (κ3) is 7.81. The largest absolute Gasteiger partial charge is 0.502 e. The summed E-state index contributed by atoms with van der Waals surface area (Å²) in [6.07, 6.45) is 2.24. The van der Waals surface area contributed by atoms with Gasteiger partial charge >= 0.3 is 0 Å². The normalized spacial score (nSPS) is 12.5. The molecule has 0 aromatic carbocycles. The van der Waals surface area contributed by atoms with E-state index in [1.165, 1.54) is 0 Å². The summed E-state index contributed by atoms with van der Waals surface area (Å²) >= 11 is 0. The van der Waals surface area contributed by atoms with Crippen LogP contribution in [0.4, 0.5) is 0 Å². The van der Waals surface area contributed by atoms with Gasteiger partial charge < -0.3 is 14.8 Å². The lowest BCUT2D eigenvalue weighted by Crippen LogP contribution is -2.21. The smallest absolute Gasteiger partial charge is 0.0896 e. The molecule has 1 N–H and O–H groups in total. The summed E-state index contributed by atoms with van der Waals surface area (Å²) in [7, 11) is 3.38. The monoisotopic (exact) mass is 187 g/mol. The Kier molecular flexibility index (Phi) is 7.74. The molecule has 3 heteroatoms. The Balaban J connectivity index is 3.12. The molecule has 0 amide bonds. The van der Waals surface area contributed by atoms with Gasteiger partial charge in [-0.15, -0.1) is 0 Å². The van der Waals surface area contributed by atoms with Crippen molar-refractivity contribution in [2.24, 2.45) is 0 Å². The van der Waals surface area contributed by atoms with Gasteiger partial charge in [0.05, 0.1) is 19.0 Å². The first-order valence-corrected chi connectivity index (χ1v) is 4.66. The van der Waals surface area contributed by atoms with Crippen LogP contribution in [0.1, 0.15) is 19.8 Å². The van der Waals surface area contributed by atoms with Crippen LogP contribution in [0.2, 0.25) is 0 Å². The van der Waals surface area contributed by atoms with E-state index in [2.05, 4.69) is 18.8 Å². The Morgan fingerprint density at radius 2 is 2.08 bits per heavy atom. The minimum Gasteiger partial charge on any atom is -0.502 e. The lowest BCUT2D eigenvalue weighted by atomic mass is 10.3. The highest BCUT2D eigenvalue weighted by molar-refractivity contribution is 4.81. The second-order valence-corrected chi connectivity index (χ2v) is 3.08. The Labute approximate surface area is 81.1 Å². The van der Waals surface area contributed by atoms with Gasteiger partial charge in [0.2, 0.25) is 0 Å². The molecule has 0 aromatic heterocycles. The fourth-order valence-corrected chi connectivity index (χ4v) is 0.878. The summed E-state index contributed by atoms with van der Waals surface area (Å²) < 4.78 is 10.1. The number of nitrogens with one attached hydrogen (secondary N) is 1. The molecule has 13 heavy (non-hydrogen) atoms. The van der Waals surface area contributed by atoms with Crippen molar-refractivity contribution in [2.45, 2.75) is 25.9 Å². The summed E-state index contributed by atoms with van der Waals surface area (Å²) in [5.74, 6) is 0.826. The summed E-state index contributed by atoms with van der Waals surface area (Å²) in [6.45, 7) is 7.70. The fraction of sp³-hybridized carbons (Fsp3) is 0.800. The van der Waals surface area contributed by atoms with Gasteiger partial charge in [0, 0.05) is 20.1 Å². The van der Waals surface area contributed by atoms with Gasteiger partial charge in [0.25, 0.3) is 0 Å². The zero-order chi connectivity index (χ0) is 10.1. The first-order valence-electron chi connectivity index (χ1n) is 4.66. The zero-order valence-corrected chi connectivity index (χ0v) is 8.93. The van der Waals surface area contributed by atoms with Gasteiger partial charge in [-0.1, -0.05) is 6.58 Å². The molecule has 0 saturated carbocycles. The van der Waals surface area contributed by atoms with Crippen molar-refractivity contribution in [1.82, 2.24) is 5.32 Å². The summed E-state index contributed by atoms with van der Waals surface area (Å²) in [6, 6.07) is 0. The molecular weight excluding hydrogens is 166 g/mol. The summed E-state index contributed by atoms with van der Waals surface area (Å²) in [5, 5.41) is 3.30. The maximum absolute atomic E-state index is 5.12. The molecule has 0 aliphatic rings. The Hall–Kier alpha value is -0.540. The first-order chi connectivity index (χ1) is 6.20. The van der Waals surface area contributed by atoms with E-state index in [0.29, 0.717) is 6.10 Å². The van der Waals surface area contributed by atoms with Crippen LogP contribution < -0.4 is 5.32 Å². The molecule has 1 unspecified atom stereocenters.